The fraction of sp³-hybridized carbons (Fsp3) is 0.125. The third-order valence-corrected chi connectivity index (χ3v) is 4.99. The summed E-state index contributed by atoms with van der Waals surface area (Å²) in [5, 5.41) is 12.7. The molecule has 0 amide bonds. The minimum absolute atomic E-state index is 0.165. The molecular formula is C24H21N3O3. The van der Waals surface area contributed by atoms with E-state index in [0.717, 1.165) is 16.7 Å². The Morgan fingerprint density at radius 2 is 1.77 bits per heavy atom. The first-order valence-electron chi connectivity index (χ1n) is 9.62. The van der Waals surface area contributed by atoms with Crippen molar-refractivity contribution in [2.24, 2.45) is 0 Å². The van der Waals surface area contributed by atoms with E-state index in [1.54, 1.807) is 34.9 Å². The van der Waals surface area contributed by atoms with Crippen molar-refractivity contribution in [3.63, 3.8) is 0 Å². The van der Waals surface area contributed by atoms with Gasteiger partial charge in [0.2, 0.25) is 0 Å². The Bertz CT molecular complexity index is 1300. The van der Waals surface area contributed by atoms with Gasteiger partial charge in [0.1, 0.15) is 5.65 Å². The second kappa shape index (κ2) is 7.83. The molecule has 4 rings (SSSR count). The van der Waals surface area contributed by atoms with Gasteiger partial charge in [-0.3, -0.25) is 9.20 Å². The van der Waals surface area contributed by atoms with E-state index in [1.165, 1.54) is 6.07 Å². The predicted molar refractivity (Wildman–Crippen MR) is 117 cm³/mol. The highest BCUT2D eigenvalue weighted by molar-refractivity contribution is 5.94. The molecule has 1 atom stereocenters. The Labute approximate surface area is 173 Å². The molecule has 0 saturated heterocycles. The first kappa shape index (κ1) is 19.4. The van der Waals surface area contributed by atoms with E-state index in [4.69, 9.17) is 4.98 Å². The summed E-state index contributed by atoms with van der Waals surface area (Å²) in [6.45, 7) is 3.84. The summed E-state index contributed by atoms with van der Waals surface area (Å²) in [5.74, 6) is -1.000. The van der Waals surface area contributed by atoms with Crippen LogP contribution in [0.5, 0.6) is 0 Å². The van der Waals surface area contributed by atoms with Crippen LogP contribution < -0.4 is 10.9 Å². The smallest absolute Gasteiger partial charge is 0.337 e. The average molecular weight is 399 g/mol. The van der Waals surface area contributed by atoms with Crippen LogP contribution in [0.2, 0.25) is 0 Å². The number of hydrogen-bond acceptors (Lipinski definition) is 4. The number of para-hydroxylation sites is 1. The van der Waals surface area contributed by atoms with Crippen LogP contribution >= 0.6 is 0 Å². The number of nitrogens with one attached hydrogen (secondary N) is 1. The molecule has 30 heavy (non-hydrogen) atoms. The van der Waals surface area contributed by atoms with Gasteiger partial charge in [0.15, 0.2) is 0 Å². The van der Waals surface area contributed by atoms with Crippen LogP contribution in [-0.4, -0.2) is 20.5 Å². The fourth-order valence-corrected chi connectivity index (χ4v) is 3.55. The van der Waals surface area contributed by atoms with Crippen LogP contribution in [0.4, 0.5) is 5.69 Å². The Morgan fingerprint density at radius 3 is 2.50 bits per heavy atom. The zero-order chi connectivity index (χ0) is 21.3. The molecule has 2 heterocycles. The largest absolute Gasteiger partial charge is 0.478 e. The fourth-order valence-electron chi connectivity index (χ4n) is 3.55. The van der Waals surface area contributed by atoms with Gasteiger partial charge in [0.05, 0.1) is 17.3 Å². The second-order valence-electron chi connectivity index (χ2n) is 7.23. The molecular weight excluding hydrogens is 378 g/mol. The molecule has 0 saturated carbocycles. The highest BCUT2D eigenvalue weighted by Gasteiger charge is 2.17. The maximum Gasteiger partial charge on any atom is 0.337 e. The van der Waals surface area contributed by atoms with Gasteiger partial charge in [-0.2, -0.15) is 0 Å². The molecule has 150 valence electrons. The number of carboxylic acid groups (broad SMARTS) is 1. The Kier molecular flexibility index (Phi) is 5.06. The van der Waals surface area contributed by atoms with Crippen molar-refractivity contribution < 1.29 is 9.90 Å². The summed E-state index contributed by atoms with van der Waals surface area (Å²) >= 11 is 0. The van der Waals surface area contributed by atoms with Crippen molar-refractivity contribution in [2.45, 2.75) is 19.9 Å². The Hall–Kier alpha value is -3.93. The van der Waals surface area contributed by atoms with Crippen LogP contribution in [0.3, 0.4) is 0 Å². The molecule has 6 heteroatoms. The zero-order valence-corrected chi connectivity index (χ0v) is 16.7. The van der Waals surface area contributed by atoms with Crippen LogP contribution in [0.1, 0.15) is 34.5 Å². The minimum Gasteiger partial charge on any atom is -0.478 e. The number of carboxylic acids is 1. The number of rotatable bonds is 5. The molecule has 0 radical (unpaired) electrons. The zero-order valence-electron chi connectivity index (χ0n) is 16.7. The van der Waals surface area contributed by atoms with Crippen molar-refractivity contribution in [1.82, 2.24) is 9.38 Å². The third-order valence-electron chi connectivity index (χ3n) is 4.99. The van der Waals surface area contributed by atoms with Gasteiger partial charge in [0.25, 0.3) is 5.56 Å². The quantitative estimate of drug-likeness (QED) is 0.515. The topological polar surface area (TPSA) is 83.7 Å². The van der Waals surface area contributed by atoms with Gasteiger partial charge in [-0.05, 0) is 37.6 Å². The highest BCUT2D eigenvalue weighted by atomic mass is 16.4. The van der Waals surface area contributed by atoms with E-state index in [1.807, 2.05) is 50.2 Å². The first-order valence-corrected chi connectivity index (χ1v) is 9.62. The van der Waals surface area contributed by atoms with Gasteiger partial charge >= 0.3 is 5.97 Å². The molecule has 0 aliphatic heterocycles. The monoisotopic (exact) mass is 399 g/mol. The molecule has 2 aromatic carbocycles. The number of benzene rings is 2. The molecule has 0 fully saturated rings. The lowest BCUT2D eigenvalue weighted by Gasteiger charge is -2.20. The van der Waals surface area contributed by atoms with E-state index >= 15 is 0 Å². The number of aryl methyl sites for hydroxylation is 1. The summed E-state index contributed by atoms with van der Waals surface area (Å²) in [4.78, 5) is 29.2. The summed E-state index contributed by atoms with van der Waals surface area (Å²) < 4.78 is 1.54. The van der Waals surface area contributed by atoms with Crippen LogP contribution in [-0.2, 0) is 0 Å². The number of anilines is 1. The van der Waals surface area contributed by atoms with Gasteiger partial charge < -0.3 is 10.4 Å². The van der Waals surface area contributed by atoms with Gasteiger partial charge in [-0.15, -0.1) is 0 Å². The Morgan fingerprint density at radius 1 is 1.07 bits per heavy atom. The number of carbonyl (C=O) groups is 1. The lowest BCUT2D eigenvalue weighted by Crippen LogP contribution is -2.19. The molecule has 0 aliphatic rings. The van der Waals surface area contributed by atoms with Crippen molar-refractivity contribution in [1.29, 1.82) is 0 Å². The van der Waals surface area contributed by atoms with Gasteiger partial charge in [0, 0.05) is 29.1 Å². The van der Waals surface area contributed by atoms with Gasteiger partial charge in [-0.1, -0.05) is 42.5 Å². The standard InChI is InChI=1S/C24H21N3O3/c1-15-12-19(16(2)25-20-11-7-6-10-18(20)24(29)30)23-26-21(13-22(28)27(23)14-15)17-8-4-3-5-9-17/h3-14,16,25H,1-2H3,(H,29,30). The molecule has 0 bridgehead atoms. The van der Waals surface area contributed by atoms with Gasteiger partial charge in [-0.25, -0.2) is 9.78 Å². The lowest BCUT2D eigenvalue weighted by atomic mass is 10.1. The summed E-state index contributed by atoms with van der Waals surface area (Å²) in [6.07, 6.45) is 1.76. The van der Waals surface area contributed by atoms with E-state index in [9.17, 15) is 14.7 Å². The second-order valence-corrected chi connectivity index (χ2v) is 7.23. The number of pyridine rings is 1. The SMILES string of the molecule is Cc1cc(C(C)Nc2ccccc2C(=O)O)c2nc(-c3ccccc3)cc(=O)n2c1. The lowest BCUT2D eigenvalue weighted by molar-refractivity contribution is 0.0698. The highest BCUT2D eigenvalue weighted by Crippen LogP contribution is 2.26. The number of aromatic nitrogens is 2. The molecule has 0 aliphatic carbocycles. The average Bonchev–Trinajstić information content (AvgIpc) is 2.74. The normalized spacial score (nSPS) is 11.9. The maximum atomic E-state index is 12.8. The molecule has 1 unspecified atom stereocenters. The van der Waals surface area contributed by atoms with E-state index < -0.39 is 5.97 Å². The number of aromatic carboxylic acids is 1. The Balaban J connectivity index is 1.85. The summed E-state index contributed by atoms with van der Waals surface area (Å²) in [6, 6.07) is 19.5. The molecule has 4 aromatic rings. The van der Waals surface area contributed by atoms with E-state index in [2.05, 4.69) is 5.32 Å². The minimum atomic E-state index is -1.000. The molecule has 6 nitrogen and oxygen atoms in total. The van der Waals surface area contributed by atoms with Crippen LogP contribution in [0, 0.1) is 6.92 Å². The van der Waals surface area contributed by atoms with Crippen molar-refractivity contribution >= 4 is 17.3 Å². The van der Waals surface area contributed by atoms with Crippen molar-refractivity contribution in [2.75, 3.05) is 5.32 Å². The number of fused-ring (bicyclic) bond motifs is 1. The predicted octanol–water partition coefficient (Wildman–Crippen LogP) is 4.54. The maximum absolute atomic E-state index is 12.8. The molecule has 0 spiro atoms. The van der Waals surface area contributed by atoms with E-state index in [0.29, 0.717) is 17.0 Å². The summed E-state index contributed by atoms with van der Waals surface area (Å²) in [7, 11) is 0. The molecule has 2 aromatic heterocycles. The van der Waals surface area contributed by atoms with Crippen LogP contribution in [0.15, 0.2) is 77.7 Å². The van der Waals surface area contributed by atoms with Crippen LogP contribution in [0.25, 0.3) is 16.9 Å². The summed E-state index contributed by atoms with van der Waals surface area (Å²) in [5.41, 5.74) is 4.26. The third kappa shape index (κ3) is 3.67. The number of nitrogens with zero attached hydrogens (tertiary/aromatic N) is 2. The number of hydrogen-bond donors (Lipinski definition) is 2. The van der Waals surface area contributed by atoms with Crippen molar-refractivity contribution in [3.05, 3.63) is 100.0 Å². The first-order chi connectivity index (χ1) is 14.4. The van der Waals surface area contributed by atoms with Crippen molar-refractivity contribution in [3.8, 4) is 11.3 Å². The molecule has 2 N–H and O–H groups in total. The van der Waals surface area contributed by atoms with E-state index in [-0.39, 0.29) is 17.2 Å².